The molecule has 0 aromatic heterocycles. The van der Waals surface area contributed by atoms with E-state index in [2.05, 4.69) is 29.6 Å². The molecule has 1 fully saturated rings. The summed E-state index contributed by atoms with van der Waals surface area (Å²) >= 11 is 0. The van der Waals surface area contributed by atoms with E-state index in [1.54, 1.807) is 0 Å². The summed E-state index contributed by atoms with van der Waals surface area (Å²) in [5.41, 5.74) is 5.16. The zero-order valence-corrected chi connectivity index (χ0v) is 9.91. The van der Waals surface area contributed by atoms with Crippen molar-refractivity contribution in [1.29, 1.82) is 0 Å². The predicted octanol–water partition coefficient (Wildman–Crippen LogP) is 0.839. The van der Waals surface area contributed by atoms with Gasteiger partial charge in [0, 0.05) is 31.3 Å². The highest BCUT2D eigenvalue weighted by molar-refractivity contribution is 5.52. The maximum atomic E-state index is 13.7. The normalized spacial score (nSPS) is 20.8. The molecule has 3 nitrogen and oxygen atoms in total. The number of hydrogen-bond donors (Lipinski definition) is 1. The lowest BCUT2D eigenvalue weighted by Crippen LogP contribution is -2.40. The van der Waals surface area contributed by atoms with E-state index in [1.807, 2.05) is 12.1 Å². The van der Waals surface area contributed by atoms with Crippen molar-refractivity contribution in [2.75, 3.05) is 32.1 Å². The number of anilines is 1. The highest BCUT2D eigenvalue weighted by Crippen LogP contribution is 2.25. The second-order valence-electron chi connectivity index (χ2n) is 4.64. The van der Waals surface area contributed by atoms with Gasteiger partial charge in [-0.15, -0.1) is 0 Å². The van der Waals surface area contributed by atoms with Crippen LogP contribution in [0.25, 0.3) is 0 Å². The number of hydrogen-bond acceptors (Lipinski definition) is 2. The molecule has 0 unspecified atom stereocenters. The van der Waals surface area contributed by atoms with Gasteiger partial charge in [0.1, 0.15) is 5.69 Å². The minimum atomic E-state index is -0.160. The van der Waals surface area contributed by atoms with Gasteiger partial charge in [0.25, 0.3) is 0 Å². The number of halogens is 1. The summed E-state index contributed by atoms with van der Waals surface area (Å²) in [6.45, 7) is 1.83. The summed E-state index contributed by atoms with van der Waals surface area (Å²) in [4.78, 5) is 4.31. The molecule has 16 heavy (non-hydrogen) atoms. The fourth-order valence-electron chi connectivity index (χ4n) is 2.19. The van der Waals surface area contributed by atoms with Crippen molar-refractivity contribution < 1.29 is 10.1 Å². The molecule has 88 valence electrons. The first-order chi connectivity index (χ1) is 7.58. The van der Waals surface area contributed by atoms with Crippen LogP contribution in [0.1, 0.15) is 6.42 Å². The minimum absolute atomic E-state index is 0.160. The second kappa shape index (κ2) is 4.39. The van der Waals surface area contributed by atoms with E-state index in [4.69, 9.17) is 0 Å². The maximum absolute atomic E-state index is 13.7. The number of quaternary nitrogens is 1. The largest absolute Gasteiger partial charge is 0.368 e. The molecule has 1 saturated heterocycles. The molecule has 1 aliphatic heterocycles. The lowest BCUT2D eigenvalue weighted by atomic mass is 10.2. The molecule has 0 saturated carbocycles. The van der Waals surface area contributed by atoms with Gasteiger partial charge >= 0.3 is 0 Å². The Balaban J connectivity index is 2.14. The molecule has 1 heterocycles. The van der Waals surface area contributed by atoms with Crippen LogP contribution in [0.4, 0.5) is 15.8 Å². The molecule has 0 aliphatic carbocycles. The zero-order chi connectivity index (χ0) is 11.7. The van der Waals surface area contributed by atoms with Gasteiger partial charge in [0.2, 0.25) is 0 Å². The number of likely N-dealkylation sites (N-methyl/N-ethyl adjacent to an activating group) is 1. The Kier molecular flexibility index (Phi) is 3.12. The average Bonchev–Trinajstić information content (AvgIpc) is 2.66. The second-order valence-corrected chi connectivity index (χ2v) is 4.64. The lowest BCUT2D eigenvalue weighted by Gasteiger charge is -2.22. The van der Waals surface area contributed by atoms with Crippen molar-refractivity contribution in [3.63, 3.8) is 0 Å². The third kappa shape index (κ3) is 2.18. The topological polar surface area (TPSA) is 34.1 Å². The molecular formula is C12H19FN3+. The first-order valence-corrected chi connectivity index (χ1v) is 5.61. The molecule has 0 amide bonds. The molecule has 3 N–H and O–H groups in total. The highest BCUT2D eigenvalue weighted by Gasteiger charge is 2.25. The molecule has 0 spiro atoms. The Morgan fingerprint density at radius 1 is 1.44 bits per heavy atom. The van der Waals surface area contributed by atoms with Crippen LogP contribution in [-0.2, 0) is 0 Å². The van der Waals surface area contributed by atoms with Gasteiger partial charge in [-0.3, -0.25) is 0 Å². The van der Waals surface area contributed by atoms with Crippen LogP contribution in [0.3, 0.4) is 0 Å². The van der Waals surface area contributed by atoms with Crippen LogP contribution in [0, 0.1) is 5.82 Å². The van der Waals surface area contributed by atoms with Gasteiger partial charge in [-0.25, -0.2) is 4.39 Å². The van der Waals surface area contributed by atoms with Crippen molar-refractivity contribution in [2.45, 2.75) is 12.5 Å². The van der Waals surface area contributed by atoms with Gasteiger partial charge in [-0.1, -0.05) is 0 Å². The van der Waals surface area contributed by atoms with Gasteiger partial charge in [0.05, 0.1) is 5.69 Å². The summed E-state index contributed by atoms with van der Waals surface area (Å²) < 4.78 is 13.7. The van der Waals surface area contributed by atoms with Crippen molar-refractivity contribution in [2.24, 2.45) is 0 Å². The summed E-state index contributed by atoms with van der Waals surface area (Å²) in [7, 11) is 4.15. The molecule has 1 aromatic rings. The van der Waals surface area contributed by atoms with E-state index in [0.717, 1.165) is 25.2 Å². The van der Waals surface area contributed by atoms with Crippen LogP contribution in [-0.4, -0.2) is 38.1 Å². The van der Waals surface area contributed by atoms with Gasteiger partial charge in [-0.2, -0.15) is 0 Å². The highest BCUT2D eigenvalue weighted by atomic mass is 19.1. The molecule has 0 bridgehead atoms. The van der Waals surface area contributed by atoms with Crippen LogP contribution >= 0.6 is 0 Å². The fraction of sp³-hybridized carbons (Fsp3) is 0.500. The Labute approximate surface area is 95.6 Å². The van der Waals surface area contributed by atoms with Gasteiger partial charge in [-0.05, 0) is 26.6 Å². The summed E-state index contributed by atoms with van der Waals surface area (Å²) in [6.07, 6.45) is 1.10. The first-order valence-electron chi connectivity index (χ1n) is 5.61. The number of nitrogens with zero attached hydrogens (tertiary/aromatic N) is 2. The van der Waals surface area contributed by atoms with E-state index in [9.17, 15) is 4.39 Å². The standard InChI is InChI=1S/C12H18FN3/c1-15(2)10-5-6-16(8-10)12-4-3-9(14)7-11(12)13/h3-4,7,10H,5-6,8,14H2,1-2H3/p+1/t10-/m0/s1. The smallest absolute Gasteiger partial charge is 0.152 e. The van der Waals surface area contributed by atoms with Crippen molar-refractivity contribution in [3.05, 3.63) is 24.0 Å². The SMILES string of the molecule is CN(C)[C@H]1CCN(c2ccc([NH3+])cc2F)C1. The van der Waals surface area contributed by atoms with E-state index in [0.29, 0.717) is 11.7 Å². The maximum Gasteiger partial charge on any atom is 0.152 e. The minimum Gasteiger partial charge on any atom is -0.368 e. The van der Waals surface area contributed by atoms with E-state index in [1.165, 1.54) is 6.07 Å². The van der Waals surface area contributed by atoms with Crippen LogP contribution < -0.4 is 10.6 Å². The summed E-state index contributed by atoms with van der Waals surface area (Å²) in [5, 5.41) is 0. The predicted molar refractivity (Wildman–Crippen MR) is 63.3 cm³/mol. The summed E-state index contributed by atoms with van der Waals surface area (Å²) in [5.74, 6) is -0.160. The third-order valence-corrected chi connectivity index (χ3v) is 3.25. The monoisotopic (exact) mass is 224 g/mol. The quantitative estimate of drug-likeness (QED) is 0.807. The molecular weight excluding hydrogens is 205 g/mol. The van der Waals surface area contributed by atoms with Crippen LogP contribution in [0.5, 0.6) is 0 Å². The molecule has 1 aliphatic rings. The molecule has 2 rings (SSSR count). The van der Waals surface area contributed by atoms with Gasteiger partial charge < -0.3 is 15.5 Å². The molecule has 1 aromatic carbocycles. The number of benzene rings is 1. The Hall–Kier alpha value is -1.13. The molecule has 1 atom stereocenters. The van der Waals surface area contributed by atoms with Gasteiger partial charge in [0.15, 0.2) is 5.82 Å². The van der Waals surface area contributed by atoms with E-state index < -0.39 is 0 Å². The Morgan fingerprint density at radius 2 is 2.19 bits per heavy atom. The fourth-order valence-corrected chi connectivity index (χ4v) is 2.19. The average molecular weight is 224 g/mol. The summed E-state index contributed by atoms with van der Waals surface area (Å²) in [6, 6.07) is 5.72. The Bertz CT molecular complexity index is 379. The number of rotatable bonds is 2. The Morgan fingerprint density at radius 3 is 2.75 bits per heavy atom. The molecule has 0 radical (unpaired) electrons. The lowest BCUT2D eigenvalue weighted by molar-refractivity contribution is -0.255. The van der Waals surface area contributed by atoms with Crippen molar-refractivity contribution >= 4 is 11.4 Å². The van der Waals surface area contributed by atoms with E-state index >= 15 is 0 Å². The van der Waals surface area contributed by atoms with Crippen molar-refractivity contribution in [3.8, 4) is 0 Å². The molecule has 4 heteroatoms. The van der Waals surface area contributed by atoms with Crippen molar-refractivity contribution in [1.82, 2.24) is 4.90 Å². The van der Waals surface area contributed by atoms with Crippen LogP contribution in [0.15, 0.2) is 18.2 Å². The van der Waals surface area contributed by atoms with Crippen LogP contribution in [0.2, 0.25) is 0 Å². The third-order valence-electron chi connectivity index (χ3n) is 3.25. The van der Waals surface area contributed by atoms with E-state index in [-0.39, 0.29) is 5.82 Å². The zero-order valence-electron chi connectivity index (χ0n) is 9.91. The first kappa shape index (κ1) is 11.4.